The summed E-state index contributed by atoms with van der Waals surface area (Å²) < 4.78 is 0. The molecule has 5 nitrogen and oxygen atoms in total. The summed E-state index contributed by atoms with van der Waals surface area (Å²) in [7, 11) is 0. The molecule has 0 atom stereocenters. The van der Waals surface area contributed by atoms with Gasteiger partial charge in [-0.05, 0) is 0 Å². The Hall–Kier alpha value is 0.0948. The molecule has 0 unspecified atom stereocenters. The van der Waals surface area contributed by atoms with E-state index in [0.29, 0.717) is 0 Å². The Morgan fingerprint density at radius 2 is 1.27 bits per heavy atom. The second-order valence-electron chi connectivity index (χ2n) is 1.35. The largest absolute Gasteiger partial charge is 1.00 e. The van der Waals surface area contributed by atoms with E-state index in [2.05, 4.69) is 5.32 Å². The van der Waals surface area contributed by atoms with Gasteiger partial charge in [-0.1, -0.05) is 0 Å². The van der Waals surface area contributed by atoms with Crippen molar-refractivity contribution in [3.63, 3.8) is 0 Å². The van der Waals surface area contributed by atoms with Crippen LogP contribution in [0.25, 0.3) is 0 Å². The third-order valence-corrected chi connectivity index (χ3v) is 0.539. The normalized spacial score (nSPS) is 7.27. The van der Waals surface area contributed by atoms with Gasteiger partial charge < -0.3 is 25.1 Å². The molecule has 0 aliphatic carbocycles. The molecule has 0 aliphatic rings. The summed E-state index contributed by atoms with van der Waals surface area (Å²) >= 11 is 0. The zero-order valence-electron chi connectivity index (χ0n) is 6.55. The molecule has 0 aromatic rings. The van der Waals surface area contributed by atoms with Crippen LogP contribution >= 0.6 is 0 Å². The van der Waals surface area contributed by atoms with Gasteiger partial charge in [0.1, 0.15) is 0 Å². The molecule has 0 radical (unpaired) electrons. The van der Waals surface area contributed by atoms with E-state index in [1.165, 1.54) is 0 Å². The molecular formula is C4H5Li2NO4. The maximum absolute atomic E-state index is 9.59. The van der Waals surface area contributed by atoms with Crippen LogP contribution < -0.4 is 53.3 Å². The Morgan fingerprint density at radius 3 is 1.45 bits per heavy atom. The van der Waals surface area contributed by atoms with Gasteiger partial charge in [-0.2, -0.15) is 0 Å². The number of hydrogen-bond acceptors (Lipinski definition) is 5. The van der Waals surface area contributed by atoms with Gasteiger partial charge in [0.25, 0.3) is 0 Å². The number of aliphatic carboxylic acids is 2. The Balaban J connectivity index is -0.000000320. The zero-order valence-corrected chi connectivity index (χ0v) is 6.55. The summed E-state index contributed by atoms with van der Waals surface area (Å²) in [4.78, 5) is 19.2. The Morgan fingerprint density at radius 1 is 1.00 bits per heavy atom. The molecular weight excluding hydrogens is 140 g/mol. The van der Waals surface area contributed by atoms with Crippen LogP contribution in [0.1, 0.15) is 0 Å². The molecule has 0 fully saturated rings. The van der Waals surface area contributed by atoms with E-state index in [1.807, 2.05) is 0 Å². The number of carboxylic acids is 2. The average molecular weight is 145 g/mol. The summed E-state index contributed by atoms with van der Waals surface area (Å²) in [6, 6.07) is 0. The molecule has 0 bridgehead atoms. The first-order valence-corrected chi connectivity index (χ1v) is 2.23. The first kappa shape index (κ1) is 17.3. The molecule has 0 aromatic carbocycles. The van der Waals surface area contributed by atoms with Gasteiger partial charge in [-0.3, -0.25) is 0 Å². The minimum Gasteiger partial charge on any atom is -0.549 e. The topological polar surface area (TPSA) is 92.3 Å². The second kappa shape index (κ2) is 10.1. The van der Waals surface area contributed by atoms with Gasteiger partial charge in [0.2, 0.25) is 0 Å². The van der Waals surface area contributed by atoms with Crippen molar-refractivity contribution in [1.29, 1.82) is 0 Å². The van der Waals surface area contributed by atoms with Crippen LogP contribution in [0.3, 0.4) is 0 Å². The quantitative estimate of drug-likeness (QED) is 0.396. The van der Waals surface area contributed by atoms with Gasteiger partial charge in [-0.15, -0.1) is 0 Å². The van der Waals surface area contributed by atoms with Crippen molar-refractivity contribution in [2.24, 2.45) is 0 Å². The van der Waals surface area contributed by atoms with E-state index in [1.54, 1.807) is 0 Å². The Kier molecular flexibility index (Phi) is 15.8. The van der Waals surface area contributed by atoms with Crippen molar-refractivity contribution in [2.45, 2.75) is 0 Å². The van der Waals surface area contributed by atoms with Crippen molar-refractivity contribution < 1.29 is 57.5 Å². The number of carboxylic acid groups (broad SMARTS) is 2. The fourth-order valence-electron chi connectivity index (χ4n) is 0.267. The number of hydrogen-bond donors (Lipinski definition) is 1. The van der Waals surface area contributed by atoms with Crippen LogP contribution in [0.4, 0.5) is 0 Å². The van der Waals surface area contributed by atoms with Crippen molar-refractivity contribution in [2.75, 3.05) is 13.1 Å². The van der Waals surface area contributed by atoms with Crippen molar-refractivity contribution in [1.82, 2.24) is 5.32 Å². The minimum atomic E-state index is -1.34. The van der Waals surface area contributed by atoms with Crippen molar-refractivity contribution in [3.8, 4) is 0 Å². The number of rotatable bonds is 4. The smallest absolute Gasteiger partial charge is 0.549 e. The molecule has 0 saturated heterocycles. The summed E-state index contributed by atoms with van der Waals surface area (Å²) in [6.45, 7) is -0.929. The standard InChI is InChI=1S/C4H7NO4.2Li/c6-3(7)1-5-2-4(8)9;;/h5H,1-2H2,(H,6,7)(H,8,9);;/q;2*+1/p-2. The Labute approximate surface area is 87.9 Å². The molecule has 0 aliphatic heterocycles. The second-order valence-corrected chi connectivity index (χ2v) is 1.35. The summed E-state index contributed by atoms with van der Waals surface area (Å²) in [6.07, 6.45) is 0. The molecule has 0 rings (SSSR count). The summed E-state index contributed by atoms with van der Waals surface area (Å²) in [5, 5.41) is 21.2. The number of carbonyl (C=O) groups is 2. The molecule has 7 heteroatoms. The summed E-state index contributed by atoms with van der Waals surface area (Å²) in [5.74, 6) is -2.67. The molecule has 11 heavy (non-hydrogen) atoms. The predicted molar refractivity (Wildman–Crippen MR) is 22.9 cm³/mol. The van der Waals surface area contributed by atoms with Gasteiger partial charge in [-0.25, -0.2) is 0 Å². The molecule has 0 spiro atoms. The molecule has 52 valence electrons. The maximum atomic E-state index is 9.59. The Bertz CT molecular complexity index is 115. The number of carbonyl (C=O) groups excluding carboxylic acids is 2. The third kappa shape index (κ3) is 17.8. The molecule has 1 N–H and O–H groups in total. The zero-order chi connectivity index (χ0) is 7.28. The van der Waals surface area contributed by atoms with Crippen LogP contribution in [-0.4, -0.2) is 25.0 Å². The van der Waals surface area contributed by atoms with E-state index < -0.39 is 25.0 Å². The third-order valence-electron chi connectivity index (χ3n) is 0.539. The van der Waals surface area contributed by atoms with E-state index in [9.17, 15) is 19.8 Å². The van der Waals surface area contributed by atoms with Gasteiger partial charge in [0.05, 0.1) is 11.9 Å². The monoisotopic (exact) mass is 145 g/mol. The first-order chi connectivity index (χ1) is 4.13. The predicted octanol–water partition coefficient (Wildman–Crippen LogP) is -9.92. The first-order valence-electron chi connectivity index (χ1n) is 2.23. The van der Waals surface area contributed by atoms with Crippen LogP contribution in [0, 0.1) is 0 Å². The molecule has 0 amide bonds. The fraction of sp³-hybridized carbons (Fsp3) is 0.500. The summed E-state index contributed by atoms with van der Waals surface area (Å²) in [5.41, 5.74) is 0. The number of nitrogens with one attached hydrogen (secondary N) is 1. The van der Waals surface area contributed by atoms with Crippen LogP contribution in [0.15, 0.2) is 0 Å². The molecule has 0 aromatic heterocycles. The molecule has 0 heterocycles. The van der Waals surface area contributed by atoms with E-state index >= 15 is 0 Å². The van der Waals surface area contributed by atoms with Gasteiger partial charge in [0, 0.05) is 13.1 Å². The fourth-order valence-corrected chi connectivity index (χ4v) is 0.267. The van der Waals surface area contributed by atoms with E-state index in [-0.39, 0.29) is 37.7 Å². The van der Waals surface area contributed by atoms with E-state index in [0.717, 1.165) is 0 Å². The van der Waals surface area contributed by atoms with Gasteiger partial charge >= 0.3 is 37.7 Å². The maximum Gasteiger partial charge on any atom is 1.00 e. The minimum absolute atomic E-state index is 0. The van der Waals surface area contributed by atoms with Crippen molar-refractivity contribution >= 4 is 11.9 Å². The molecule has 0 saturated carbocycles. The SMILES string of the molecule is O=C([O-])CNCC(=O)[O-].[Li+].[Li+]. The van der Waals surface area contributed by atoms with Crippen LogP contribution in [-0.2, 0) is 9.59 Å². The van der Waals surface area contributed by atoms with Crippen LogP contribution in [0.5, 0.6) is 0 Å². The van der Waals surface area contributed by atoms with Gasteiger partial charge in [0.15, 0.2) is 0 Å². The van der Waals surface area contributed by atoms with E-state index in [4.69, 9.17) is 0 Å². The average Bonchev–Trinajstić information content (AvgIpc) is 1.63. The van der Waals surface area contributed by atoms with Crippen LogP contribution in [0.2, 0.25) is 0 Å². The van der Waals surface area contributed by atoms with Crippen molar-refractivity contribution in [3.05, 3.63) is 0 Å².